The van der Waals surface area contributed by atoms with Gasteiger partial charge in [0, 0.05) is 32.6 Å². The van der Waals surface area contributed by atoms with Gasteiger partial charge in [-0.1, -0.05) is 24.3 Å². The summed E-state index contributed by atoms with van der Waals surface area (Å²) in [4.78, 5) is 26.0. The molecule has 0 aliphatic carbocycles. The van der Waals surface area contributed by atoms with E-state index in [2.05, 4.69) is 0 Å². The average molecular weight is 388 g/mol. The number of fused-ring (bicyclic) bond motifs is 1. The normalized spacial score (nSPS) is 16.9. The summed E-state index contributed by atoms with van der Waals surface area (Å²) in [5, 5.41) is 9.56. The quantitative estimate of drug-likeness (QED) is 0.858. The first-order chi connectivity index (χ1) is 12.7. The van der Waals surface area contributed by atoms with Crippen LogP contribution < -0.4 is 0 Å². The molecule has 0 spiro atoms. The number of benzene rings is 2. The second-order valence-corrected chi connectivity index (χ2v) is 8.72. The van der Waals surface area contributed by atoms with Crippen molar-refractivity contribution >= 4 is 21.9 Å². The van der Waals surface area contributed by atoms with Gasteiger partial charge in [0.15, 0.2) is 0 Å². The van der Waals surface area contributed by atoms with Gasteiger partial charge in [-0.3, -0.25) is 4.79 Å². The van der Waals surface area contributed by atoms with E-state index in [1.54, 1.807) is 0 Å². The summed E-state index contributed by atoms with van der Waals surface area (Å²) in [7, 11) is -0.739. The molecule has 8 heteroatoms. The van der Waals surface area contributed by atoms with Crippen LogP contribution >= 0.6 is 0 Å². The Bertz CT molecular complexity index is 983. The number of hydrogen-bond acceptors (Lipinski definition) is 4. The highest BCUT2D eigenvalue weighted by atomic mass is 32.2. The Morgan fingerprint density at radius 1 is 1.04 bits per heavy atom. The molecule has 142 valence electrons. The van der Waals surface area contributed by atoms with Gasteiger partial charge in [0.05, 0.1) is 4.90 Å². The predicted octanol–water partition coefficient (Wildman–Crippen LogP) is 1.59. The number of rotatable bonds is 4. The van der Waals surface area contributed by atoms with Crippen molar-refractivity contribution in [1.29, 1.82) is 0 Å². The van der Waals surface area contributed by atoms with Crippen molar-refractivity contribution in [2.45, 2.75) is 23.9 Å². The van der Waals surface area contributed by atoms with Crippen LogP contribution in [-0.2, 0) is 27.8 Å². The molecule has 1 amide bonds. The van der Waals surface area contributed by atoms with E-state index in [9.17, 15) is 23.1 Å². The van der Waals surface area contributed by atoms with Crippen molar-refractivity contribution in [2.24, 2.45) is 0 Å². The first-order valence-corrected chi connectivity index (χ1v) is 9.79. The number of hydrogen-bond donors (Lipinski definition) is 1. The van der Waals surface area contributed by atoms with Crippen LogP contribution in [0.25, 0.3) is 0 Å². The van der Waals surface area contributed by atoms with E-state index < -0.39 is 27.9 Å². The minimum absolute atomic E-state index is 0.0721. The summed E-state index contributed by atoms with van der Waals surface area (Å²) in [6, 6.07) is 12.0. The number of carboxylic acid groups (broad SMARTS) is 1. The lowest BCUT2D eigenvalue weighted by Gasteiger charge is -2.34. The zero-order valence-corrected chi connectivity index (χ0v) is 15.8. The van der Waals surface area contributed by atoms with Gasteiger partial charge in [-0.2, -0.15) is 0 Å². The zero-order valence-electron chi connectivity index (χ0n) is 15.0. The van der Waals surface area contributed by atoms with E-state index in [0.717, 1.165) is 15.4 Å². The Morgan fingerprint density at radius 2 is 1.63 bits per heavy atom. The van der Waals surface area contributed by atoms with Crippen LogP contribution in [0.5, 0.6) is 0 Å². The monoisotopic (exact) mass is 388 g/mol. The number of aliphatic carboxylic acids is 1. The van der Waals surface area contributed by atoms with Gasteiger partial charge in [0.25, 0.3) is 5.91 Å². The Labute approximate surface area is 157 Å². The van der Waals surface area contributed by atoms with Gasteiger partial charge < -0.3 is 10.0 Å². The molecule has 1 N–H and O–H groups in total. The minimum Gasteiger partial charge on any atom is -0.480 e. The van der Waals surface area contributed by atoms with Crippen molar-refractivity contribution in [2.75, 3.05) is 14.1 Å². The summed E-state index contributed by atoms with van der Waals surface area (Å²) < 4.78 is 25.4. The molecule has 0 radical (unpaired) electrons. The second kappa shape index (κ2) is 7.13. The lowest BCUT2D eigenvalue weighted by Crippen LogP contribution is -2.48. The third kappa shape index (κ3) is 3.58. The molecule has 7 nitrogen and oxygen atoms in total. The molecule has 1 atom stereocenters. The number of amides is 1. The first-order valence-electron chi connectivity index (χ1n) is 8.35. The molecule has 3 rings (SSSR count). The Balaban J connectivity index is 1.91. The smallest absolute Gasteiger partial charge is 0.326 e. The van der Waals surface area contributed by atoms with E-state index in [1.807, 2.05) is 24.3 Å². The van der Waals surface area contributed by atoms with Crippen LogP contribution in [0, 0.1) is 0 Å². The largest absolute Gasteiger partial charge is 0.480 e. The van der Waals surface area contributed by atoms with Crippen molar-refractivity contribution < 1.29 is 23.1 Å². The number of carbonyl (C=O) groups is 2. The van der Waals surface area contributed by atoms with Gasteiger partial charge in [-0.25, -0.2) is 17.5 Å². The highest BCUT2D eigenvalue weighted by molar-refractivity contribution is 7.89. The van der Waals surface area contributed by atoms with E-state index >= 15 is 0 Å². The second-order valence-electron chi connectivity index (χ2n) is 6.57. The molecular weight excluding hydrogens is 368 g/mol. The summed E-state index contributed by atoms with van der Waals surface area (Å²) in [6.07, 6.45) is 0.240. The average Bonchev–Trinajstić information content (AvgIpc) is 2.66. The van der Waals surface area contributed by atoms with Crippen LogP contribution in [0.15, 0.2) is 53.4 Å². The van der Waals surface area contributed by atoms with Gasteiger partial charge in [0.2, 0.25) is 10.0 Å². The summed E-state index contributed by atoms with van der Waals surface area (Å²) in [5.41, 5.74) is 2.08. The van der Waals surface area contributed by atoms with Crippen LogP contribution in [0.2, 0.25) is 0 Å². The molecule has 1 unspecified atom stereocenters. The molecule has 1 heterocycles. The van der Waals surface area contributed by atoms with E-state index in [1.165, 1.54) is 43.3 Å². The number of carbonyl (C=O) groups excluding carboxylic acids is 1. The lowest BCUT2D eigenvalue weighted by molar-refractivity contribution is -0.142. The fourth-order valence-electron chi connectivity index (χ4n) is 3.10. The molecule has 1 aliphatic heterocycles. The molecule has 2 aromatic rings. The summed E-state index contributed by atoms with van der Waals surface area (Å²) in [6.45, 7) is 0.198. The Kier molecular flexibility index (Phi) is 5.03. The van der Waals surface area contributed by atoms with Crippen molar-refractivity contribution in [3.8, 4) is 0 Å². The molecule has 0 aromatic heterocycles. The molecule has 0 bridgehead atoms. The molecule has 1 aliphatic rings. The number of nitrogens with zero attached hydrogens (tertiary/aromatic N) is 2. The summed E-state index contributed by atoms with van der Waals surface area (Å²) >= 11 is 0. The fraction of sp³-hybridized carbons (Fsp3) is 0.263. The Morgan fingerprint density at radius 3 is 2.19 bits per heavy atom. The van der Waals surface area contributed by atoms with Gasteiger partial charge >= 0.3 is 5.97 Å². The first kappa shape index (κ1) is 19.1. The van der Waals surface area contributed by atoms with Gasteiger partial charge in [-0.05, 0) is 35.4 Å². The number of sulfonamides is 1. The highest BCUT2D eigenvalue weighted by Gasteiger charge is 2.35. The van der Waals surface area contributed by atoms with Gasteiger partial charge in [-0.15, -0.1) is 0 Å². The van der Waals surface area contributed by atoms with Crippen LogP contribution in [0.1, 0.15) is 21.5 Å². The molecule has 0 saturated carbocycles. The minimum atomic E-state index is -3.59. The SMILES string of the molecule is CN(C)S(=O)(=O)c1ccc(C(=O)N2Cc3ccccc3CC2C(=O)O)cc1. The molecule has 0 fully saturated rings. The molecular formula is C19H20N2O5S. The zero-order chi connectivity index (χ0) is 19.8. The van der Waals surface area contributed by atoms with Crippen LogP contribution in [-0.4, -0.2) is 54.7 Å². The van der Waals surface area contributed by atoms with Crippen molar-refractivity contribution in [3.05, 3.63) is 65.2 Å². The van der Waals surface area contributed by atoms with Crippen LogP contribution in [0.4, 0.5) is 0 Å². The Hall–Kier alpha value is -2.71. The maximum absolute atomic E-state index is 12.9. The lowest BCUT2D eigenvalue weighted by atomic mass is 9.93. The van der Waals surface area contributed by atoms with E-state index in [4.69, 9.17) is 0 Å². The van der Waals surface area contributed by atoms with E-state index in [0.29, 0.717) is 0 Å². The maximum Gasteiger partial charge on any atom is 0.326 e. The number of carboxylic acids is 1. The van der Waals surface area contributed by atoms with Crippen molar-refractivity contribution in [1.82, 2.24) is 9.21 Å². The third-order valence-corrected chi connectivity index (χ3v) is 6.50. The summed E-state index contributed by atoms with van der Waals surface area (Å²) in [5.74, 6) is -1.50. The fourth-order valence-corrected chi connectivity index (χ4v) is 4.00. The predicted molar refractivity (Wildman–Crippen MR) is 98.8 cm³/mol. The topological polar surface area (TPSA) is 95.0 Å². The molecule has 2 aromatic carbocycles. The molecule has 27 heavy (non-hydrogen) atoms. The maximum atomic E-state index is 12.9. The van der Waals surface area contributed by atoms with Gasteiger partial charge in [0.1, 0.15) is 6.04 Å². The highest BCUT2D eigenvalue weighted by Crippen LogP contribution is 2.25. The van der Waals surface area contributed by atoms with E-state index in [-0.39, 0.29) is 23.4 Å². The van der Waals surface area contributed by atoms with Crippen LogP contribution in [0.3, 0.4) is 0 Å². The van der Waals surface area contributed by atoms with Crippen molar-refractivity contribution in [3.63, 3.8) is 0 Å². The standard InChI is InChI=1S/C19H20N2O5S/c1-20(2)27(25,26)16-9-7-13(8-10-16)18(22)21-12-15-6-4-3-5-14(15)11-17(21)19(23)24/h3-10,17H,11-12H2,1-2H3,(H,23,24). The third-order valence-electron chi connectivity index (χ3n) is 4.67. The molecule has 0 saturated heterocycles.